The van der Waals surface area contributed by atoms with Gasteiger partial charge in [0.05, 0.1) is 25.6 Å². The summed E-state index contributed by atoms with van der Waals surface area (Å²) in [6.07, 6.45) is -1.88. The van der Waals surface area contributed by atoms with E-state index >= 15 is 0 Å². The highest BCUT2D eigenvalue weighted by Gasteiger charge is 2.28. The number of rotatable bonds is 22. The van der Waals surface area contributed by atoms with Crippen LogP contribution in [0.3, 0.4) is 0 Å². The van der Waals surface area contributed by atoms with Gasteiger partial charge in [0.25, 0.3) is 0 Å². The zero-order chi connectivity index (χ0) is 32.8. The molecule has 0 aromatic rings. The number of ether oxygens (including phenoxy) is 5. The molecular formula is C27H46N2O12SSi. The molecule has 0 radical (unpaired) electrons. The molecule has 246 valence electrons. The molecule has 0 saturated carbocycles. The average Bonchev–Trinajstić information content (AvgIpc) is 2.97. The van der Waals surface area contributed by atoms with Crippen LogP contribution in [0.2, 0.25) is 12.6 Å². The maximum absolute atomic E-state index is 12.4. The standard InChI is InChI=1S/C27H46N2O12SSi/c1-19(2)23(30)38-13-10-28-26(33)40-16-22(41-27(34)29-11-14-39-24(31)20(3)4)18-42-17-21(5)25(32)37-12-9-15-43(8,35-6)36-7/h21-22H,1,3,9-18H2,2,4-8H3,(H,28,33)(H,29,34). The number of hydrogen-bond acceptors (Lipinski definition) is 13. The zero-order valence-corrected chi connectivity index (χ0v) is 27.8. The van der Waals surface area contributed by atoms with Crippen molar-refractivity contribution in [3.8, 4) is 0 Å². The van der Waals surface area contributed by atoms with Gasteiger partial charge in [-0.05, 0) is 32.9 Å². The minimum Gasteiger partial charge on any atom is -0.465 e. The summed E-state index contributed by atoms with van der Waals surface area (Å²) in [6, 6.07) is 0.682. The smallest absolute Gasteiger partial charge is 0.407 e. The van der Waals surface area contributed by atoms with Gasteiger partial charge in [-0.1, -0.05) is 20.1 Å². The van der Waals surface area contributed by atoms with Crippen molar-refractivity contribution >= 4 is 50.4 Å². The van der Waals surface area contributed by atoms with Crippen LogP contribution in [-0.2, 0) is 46.9 Å². The summed E-state index contributed by atoms with van der Waals surface area (Å²) in [6.45, 7) is 13.4. The number of thioether (sulfide) groups is 1. The highest BCUT2D eigenvalue weighted by atomic mass is 32.2. The fourth-order valence-corrected chi connectivity index (χ4v) is 5.22. The lowest BCUT2D eigenvalue weighted by Gasteiger charge is -2.22. The molecule has 0 fully saturated rings. The Morgan fingerprint density at radius 3 is 1.84 bits per heavy atom. The number of esters is 3. The van der Waals surface area contributed by atoms with Crippen molar-refractivity contribution in [1.82, 2.24) is 10.6 Å². The first-order chi connectivity index (χ1) is 20.2. The van der Waals surface area contributed by atoms with E-state index < -0.39 is 44.7 Å². The van der Waals surface area contributed by atoms with Crippen LogP contribution >= 0.6 is 11.8 Å². The van der Waals surface area contributed by atoms with Crippen LogP contribution in [0.15, 0.2) is 24.3 Å². The molecule has 0 aliphatic carbocycles. The Hall–Kier alpha value is -3.08. The van der Waals surface area contributed by atoms with Crippen LogP contribution in [0.25, 0.3) is 0 Å². The van der Waals surface area contributed by atoms with Gasteiger partial charge >= 0.3 is 38.7 Å². The predicted octanol–water partition coefficient (Wildman–Crippen LogP) is 2.71. The second-order valence-electron chi connectivity index (χ2n) is 9.56. The minimum absolute atomic E-state index is 0.000488. The summed E-state index contributed by atoms with van der Waals surface area (Å²) in [5, 5.41) is 4.86. The minimum atomic E-state index is -2.23. The van der Waals surface area contributed by atoms with Crippen LogP contribution in [0.5, 0.6) is 0 Å². The first-order valence-electron chi connectivity index (χ1n) is 13.6. The first-order valence-corrected chi connectivity index (χ1v) is 17.3. The second-order valence-corrected chi connectivity index (χ2v) is 14.2. The lowest BCUT2D eigenvalue weighted by molar-refractivity contribution is -0.147. The van der Waals surface area contributed by atoms with Crippen molar-refractivity contribution < 1.29 is 56.5 Å². The van der Waals surface area contributed by atoms with Crippen molar-refractivity contribution in [3.05, 3.63) is 24.3 Å². The van der Waals surface area contributed by atoms with Crippen LogP contribution in [-0.4, -0.2) is 110 Å². The quantitative estimate of drug-likeness (QED) is 0.0576. The maximum Gasteiger partial charge on any atom is 0.407 e. The molecule has 16 heteroatoms. The first kappa shape index (κ1) is 39.9. The molecule has 14 nitrogen and oxygen atoms in total. The van der Waals surface area contributed by atoms with E-state index in [-0.39, 0.29) is 62.4 Å². The Labute approximate surface area is 258 Å². The Morgan fingerprint density at radius 2 is 1.33 bits per heavy atom. The lowest BCUT2D eigenvalue weighted by atomic mass is 10.2. The molecule has 0 aliphatic rings. The molecule has 2 unspecified atom stereocenters. The van der Waals surface area contributed by atoms with Gasteiger partial charge in [-0.25, -0.2) is 19.2 Å². The van der Waals surface area contributed by atoms with E-state index in [1.54, 1.807) is 21.1 Å². The van der Waals surface area contributed by atoms with E-state index in [4.69, 9.17) is 32.5 Å². The Balaban J connectivity index is 4.74. The van der Waals surface area contributed by atoms with E-state index in [9.17, 15) is 24.0 Å². The van der Waals surface area contributed by atoms with Crippen LogP contribution in [0.1, 0.15) is 27.2 Å². The molecule has 0 bridgehead atoms. The summed E-state index contributed by atoms with van der Waals surface area (Å²) in [7, 11) is 0.976. The topological polar surface area (TPSA) is 174 Å². The molecule has 0 aromatic heterocycles. The average molecular weight is 651 g/mol. The second kappa shape index (κ2) is 22.5. The summed E-state index contributed by atoms with van der Waals surface area (Å²) in [4.78, 5) is 59.5. The summed E-state index contributed by atoms with van der Waals surface area (Å²) >= 11 is 1.31. The van der Waals surface area contributed by atoms with Crippen LogP contribution in [0.4, 0.5) is 9.59 Å². The van der Waals surface area contributed by atoms with E-state index in [0.717, 1.165) is 0 Å². The van der Waals surface area contributed by atoms with E-state index in [0.29, 0.717) is 18.2 Å². The summed E-state index contributed by atoms with van der Waals surface area (Å²) < 4.78 is 36.5. The van der Waals surface area contributed by atoms with Crippen molar-refractivity contribution in [1.29, 1.82) is 0 Å². The molecule has 2 N–H and O–H groups in total. The van der Waals surface area contributed by atoms with Gasteiger partial charge in [-0.15, -0.1) is 0 Å². The molecule has 0 aliphatic heterocycles. The molecule has 0 heterocycles. The molecule has 2 atom stereocenters. The number of amides is 2. The zero-order valence-electron chi connectivity index (χ0n) is 25.9. The van der Waals surface area contributed by atoms with Gasteiger partial charge in [0.15, 0.2) is 0 Å². The number of nitrogens with one attached hydrogen (secondary N) is 2. The highest BCUT2D eigenvalue weighted by molar-refractivity contribution is 7.99. The summed E-state index contributed by atoms with van der Waals surface area (Å²) in [5.41, 5.74) is 0.456. The van der Waals surface area contributed by atoms with Gasteiger partial charge in [0.2, 0.25) is 0 Å². The largest absolute Gasteiger partial charge is 0.465 e. The van der Waals surface area contributed by atoms with E-state index in [2.05, 4.69) is 23.8 Å². The molecule has 43 heavy (non-hydrogen) atoms. The molecule has 0 rings (SSSR count). The van der Waals surface area contributed by atoms with Crippen molar-refractivity contribution in [3.63, 3.8) is 0 Å². The van der Waals surface area contributed by atoms with Gasteiger partial charge in [-0.3, -0.25) is 4.79 Å². The van der Waals surface area contributed by atoms with E-state index in [1.807, 2.05) is 6.55 Å². The summed E-state index contributed by atoms with van der Waals surface area (Å²) in [5.74, 6) is -1.42. The van der Waals surface area contributed by atoms with Gasteiger partial charge in [0.1, 0.15) is 25.9 Å². The lowest BCUT2D eigenvalue weighted by Crippen LogP contribution is -2.37. The molecule has 2 amide bonds. The number of alkyl carbamates (subject to hydrolysis) is 2. The van der Waals surface area contributed by atoms with E-state index in [1.165, 1.54) is 25.6 Å². The van der Waals surface area contributed by atoms with Gasteiger partial charge in [-0.2, -0.15) is 11.8 Å². The van der Waals surface area contributed by atoms with Gasteiger partial charge < -0.3 is 43.2 Å². The number of carbonyl (C=O) groups is 5. The number of carbonyl (C=O) groups excluding carboxylic acids is 5. The molecule has 0 spiro atoms. The van der Waals surface area contributed by atoms with Crippen LogP contribution in [0, 0.1) is 5.92 Å². The Kier molecular flexibility index (Phi) is 20.8. The monoisotopic (exact) mass is 650 g/mol. The van der Waals surface area contributed by atoms with Crippen LogP contribution < -0.4 is 10.6 Å². The molecular weight excluding hydrogens is 604 g/mol. The third-order valence-corrected chi connectivity index (χ3v) is 9.87. The highest BCUT2D eigenvalue weighted by Crippen LogP contribution is 2.16. The van der Waals surface area contributed by atoms with Crippen molar-refractivity contribution in [2.75, 3.05) is 65.2 Å². The SMILES string of the molecule is C=C(C)C(=O)OCCNC(=O)OCC(CSCC(C)C(=O)OCCC[Si](C)(OC)OC)OC(=O)NCCOC(=O)C(=C)C. The third kappa shape index (κ3) is 19.7. The van der Waals surface area contributed by atoms with Crippen molar-refractivity contribution in [2.45, 2.75) is 45.9 Å². The maximum atomic E-state index is 12.4. The predicted molar refractivity (Wildman–Crippen MR) is 162 cm³/mol. The Morgan fingerprint density at radius 1 is 0.791 bits per heavy atom. The molecule has 0 saturated heterocycles. The van der Waals surface area contributed by atoms with Gasteiger partial charge in [0, 0.05) is 36.9 Å². The number of hydrogen-bond donors (Lipinski definition) is 2. The fraction of sp³-hybridized carbons (Fsp3) is 0.667. The Bertz CT molecular complexity index is 945. The normalized spacial score (nSPS) is 12.2. The molecule has 0 aromatic carbocycles. The third-order valence-electron chi connectivity index (χ3n) is 5.54. The fourth-order valence-electron chi connectivity index (χ4n) is 2.81. The van der Waals surface area contributed by atoms with Crippen molar-refractivity contribution in [2.24, 2.45) is 5.92 Å².